The Morgan fingerprint density at radius 1 is 1.16 bits per heavy atom. The van der Waals surface area contributed by atoms with E-state index in [1.807, 2.05) is 11.8 Å². The normalized spacial score (nSPS) is 26.2. The van der Waals surface area contributed by atoms with Crippen LogP contribution in [0.1, 0.15) is 32.6 Å². The molecule has 2 heterocycles. The van der Waals surface area contributed by atoms with Crippen molar-refractivity contribution in [3.63, 3.8) is 0 Å². The molecule has 5 nitrogen and oxygen atoms in total. The standard InChI is InChI=1S/C14H24N2O3/c1-11(13(17)15-7-3-4-8-15)16-9-5-6-12(10-16)14(18)19-2/h11-12H,3-10H2,1-2H3. The second-order valence-electron chi connectivity index (χ2n) is 5.57. The van der Waals surface area contributed by atoms with Crippen LogP contribution in [0.4, 0.5) is 0 Å². The maximum absolute atomic E-state index is 12.4. The predicted molar refractivity (Wildman–Crippen MR) is 71.6 cm³/mol. The van der Waals surface area contributed by atoms with E-state index in [1.165, 1.54) is 7.11 Å². The average molecular weight is 268 g/mol. The molecule has 2 unspecified atom stereocenters. The van der Waals surface area contributed by atoms with E-state index in [-0.39, 0.29) is 23.8 Å². The van der Waals surface area contributed by atoms with Crippen molar-refractivity contribution in [2.45, 2.75) is 38.6 Å². The third-order valence-corrected chi connectivity index (χ3v) is 4.31. The van der Waals surface area contributed by atoms with Crippen LogP contribution in [-0.2, 0) is 14.3 Å². The molecule has 2 fully saturated rings. The molecule has 1 amide bonds. The SMILES string of the molecule is COC(=O)C1CCCN(C(C)C(=O)N2CCCC2)C1. The molecule has 0 N–H and O–H groups in total. The molecule has 2 aliphatic heterocycles. The van der Waals surface area contributed by atoms with E-state index in [1.54, 1.807) is 0 Å². The molecule has 0 radical (unpaired) electrons. The van der Waals surface area contributed by atoms with Gasteiger partial charge in [0.2, 0.25) is 5.91 Å². The van der Waals surface area contributed by atoms with Gasteiger partial charge < -0.3 is 9.64 Å². The second kappa shape index (κ2) is 6.37. The van der Waals surface area contributed by atoms with E-state index in [0.717, 1.165) is 45.3 Å². The predicted octanol–water partition coefficient (Wildman–Crippen LogP) is 0.882. The van der Waals surface area contributed by atoms with Gasteiger partial charge in [-0.1, -0.05) is 0 Å². The van der Waals surface area contributed by atoms with Crippen LogP contribution in [0, 0.1) is 5.92 Å². The average Bonchev–Trinajstić information content (AvgIpc) is 2.99. The molecule has 0 bridgehead atoms. The third kappa shape index (κ3) is 3.26. The van der Waals surface area contributed by atoms with Crippen molar-refractivity contribution in [1.29, 1.82) is 0 Å². The molecule has 2 aliphatic rings. The van der Waals surface area contributed by atoms with Crippen LogP contribution < -0.4 is 0 Å². The van der Waals surface area contributed by atoms with Gasteiger partial charge in [-0.2, -0.15) is 0 Å². The van der Waals surface area contributed by atoms with E-state index in [2.05, 4.69) is 4.90 Å². The largest absolute Gasteiger partial charge is 0.469 e. The van der Waals surface area contributed by atoms with E-state index >= 15 is 0 Å². The van der Waals surface area contributed by atoms with Crippen LogP contribution in [0.25, 0.3) is 0 Å². The fourth-order valence-corrected chi connectivity index (χ4v) is 3.08. The van der Waals surface area contributed by atoms with Gasteiger partial charge in [0.1, 0.15) is 0 Å². The zero-order chi connectivity index (χ0) is 13.8. The Hall–Kier alpha value is -1.10. The highest BCUT2D eigenvalue weighted by atomic mass is 16.5. The number of hydrogen-bond acceptors (Lipinski definition) is 4. The zero-order valence-corrected chi connectivity index (χ0v) is 11.9. The van der Waals surface area contributed by atoms with Crippen LogP contribution >= 0.6 is 0 Å². The maximum Gasteiger partial charge on any atom is 0.309 e. The molecule has 0 aromatic carbocycles. The van der Waals surface area contributed by atoms with Gasteiger partial charge >= 0.3 is 5.97 Å². The molecular weight excluding hydrogens is 244 g/mol. The number of carbonyl (C=O) groups excluding carboxylic acids is 2. The second-order valence-corrected chi connectivity index (χ2v) is 5.57. The Balaban J connectivity index is 1.92. The summed E-state index contributed by atoms with van der Waals surface area (Å²) in [6.07, 6.45) is 4.05. The molecular formula is C14H24N2O3. The van der Waals surface area contributed by atoms with E-state index in [9.17, 15) is 9.59 Å². The molecule has 0 aliphatic carbocycles. The fraction of sp³-hybridized carbons (Fsp3) is 0.857. The van der Waals surface area contributed by atoms with E-state index in [0.29, 0.717) is 6.54 Å². The molecule has 19 heavy (non-hydrogen) atoms. The number of esters is 1. The molecule has 0 aromatic rings. The van der Waals surface area contributed by atoms with Gasteiger partial charge in [-0.05, 0) is 39.2 Å². The first-order valence-electron chi connectivity index (χ1n) is 7.24. The highest BCUT2D eigenvalue weighted by Crippen LogP contribution is 2.21. The van der Waals surface area contributed by atoms with Crippen molar-refractivity contribution in [2.24, 2.45) is 5.92 Å². The van der Waals surface area contributed by atoms with Crippen molar-refractivity contribution < 1.29 is 14.3 Å². The number of piperidine rings is 1. The molecule has 0 spiro atoms. The van der Waals surface area contributed by atoms with Crippen LogP contribution in [0.3, 0.4) is 0 Å². The van der Waals surface area contributed by atoms with Crippen LogP contribution in [0.5, 0.6) is 0 Å². The first kappa shape index (κ1) is 14.3. The summed E-state index contributed by atoms with van der Waals surface area (Å²) in [6.45, 7) is 5.27. The first-order valence-corrected chi connectivity index (χ1v) is 7.24. The number of carbonyl (C=O) groups is 2. The Labute approximate surface area is 114 Å². The van der Waals surface area contributed by atoms with Gasteiger partial charge in [0.05, 0.1) is 19.1 Å². The quantitative estimate of drug-likeness (QED) is 0.713. The minimum Gasteiger partial charge on any atom is -0.469 e. The number of hydrogen-bond donors (Lipinski definition) is 0. The Bertz CT molecular complexity index is 340. The zero-order valence-electron chi connectivity index (χ0n) is 11.9. The van der Waals surface area contributed by atoms with Crippen molar-refractivity contribution in [1.82, 2.24) is 9.80 Å². The lowest BCUT2D eigenvalue weighted by atomic mass is 9.97. The summed E-state index contributed by atoms with van der Waals surface area (Å²) in [5.41, 5.74) is 0. The van der Waals surface area contributed by atoms with Crippen molar-refractivity contribution >= 4 is 11.9 Å². The molecule has 0 saturated carbocycles. The summed E-state index contributed by atoms with van der Waals surface area (Å²) in [7, 11) is 1.43. The monoisotopic (exact) mass is 268 g/mol. The minimum atomic E-state index is -0.148. The molecule has 2 rings (SSSR count). The van der Waals surface area contributed by atoms with Gasteiger partial charge in [-0.3, -0.25) is 14.5 Å². The number of ether oxygens (including phenoxy) is 1. The summed E-state index contributed by atoms with van der Waals surface area (Å²) in [6, 6.07) is -0.120. The Morgan fingerprint density at radius 2 is 1.84 bits per heavy atom. The van der Waals surface area contributed by atoms with Gasteiger partial charge in [0.15, 0.2) is 0 Å². The van der Waals surface area contributed by atoms with Crippen molar-refractivity contribution in [2.75, 3.05) is 33.3 Å². The number of amides is 1. The number of likely N-dealkylation sites (tertiary alicyclic amines) is 2. The lowest BCUT2D eigenvalue weighted by Crippen LogP contribution is -2.50. The topological polar surface area (TPSA) is 49.9 Å². The minimum absolute atomic E-state index is 0.0763. The smallest absolute Gasteiger partial charge is 0.309 e. The van der Waals surface area contributed by atoms with Crippen molar-refractivity contribution in [3.05, 3.63) is 0 Å². The molecule has 5 heteroatoms. The van der Waals surface area contributed by atoms with Gasteiger partial charge in [0.25, 0.3) is 0 Å². The number of nitrogens with zero attached hydrogens (tertiary/aromatic N) is 2. The first-order chi connectivity index (χ1) is 9.13. The number of rotatable bonds is 3. The lowest BCUT2D eigenvalue weighted by Gasteiger charge is -2.36. The Kier molecular flexibility index (Phi) is 4.80. The highest BCUT2D eigenvalue weighted by molar-refractivity contribution is 5.82. The summed E-state index contributed by atoms with van der Waals surface area (Å²) in [4.78, 5) is 28.1. The summed E-state index contributed by atoms with van der Waals surface area (Å²) in [5, 5.41) is 0. The molecule has 108 valence electrons. The van der Waals surface area contributed by atoms with Gasteiger partial charge in [-0.15, -0.1) is 0 Å². The van der Waals surface area contributed by atoms with Crippen LogP contribution in [0.2, 0.25) is 0 Å². The van der Waals surface area contributed by atoms with Gasteiger partial charge in [-0.25, -0.2) is 0 Å². The highest BCUT2D eigenvalue weighted by Gasteiger charge is 2.33. The Morgan fingerprint density at radius 3 is 2.47 bits per heavy atom. The van der Waals surface area contributed by atoms with E-state index in [4.69, 9.17) is 4.74 Å². The summed E-state index contributed by atoms with van der Waals surface area (Å²) in [5.74, 6) is -0.0129. The fourth-order valence-electron chi connectivity index (χ4n) is 3.08. The summed E-state index contributed by atoms with van der Waals surface area (Å²) < 4.78 is 4.82. The number of methoxy groups -OCH3 is 1. The molecule has 2 atom stereocenters. The van der Waals surface area contributed by atoms with E-state index < -0.39 is 0 Å². The van der Waals surface area contributed by atoms with Crippen LogP contribution in [-0.4, -0.2) is 61.0 Å². The van der Waals surface area contributed by atoms with Crippen molar-refractivity contribution in [3.8, 4) is 0 Å². The summed E-state index contributed by atoms with van der Waals surface area (Å²) >= 11 is 0. The van der Waals surface area contributed by atoms with Gasteiger partial charge in [0, 0.05) is 19.6 Å². The molecule has 0 aromatic heterocycles. The maximum atomic E-state index is 12.4. The third-order valence-electron chi connectivity index (χ3n) is 4.31. The van der Waals surface area contributed by atoms with Crippen LogP contribution in [0.15, 0.2) is 0 Å². The molecule has 2 saturated heterocycles. The lowest BCUT2D eigenvalue weighted by molar-refractivity contribution is -0.149.